The lowest BCUT2D eigenvalue weighted by molar-refractivity contribution is 0.369. The molecule has 1 fully saturated rings. The fraction of sp³-hybridized carbons (Fsp3) is 0.846. The maximum atomic E-state index is 4.33. The van der Waals surface area contributed by atoms with Gasteiger partial charge in [0.25, 0.3) is 0 Å². The van der Waals surface area contributed by atoms with Gasteiger partial charge in [-0.1, -0.05) is 12.8 Å². The van der Waals surface area contributed by atoms with Crippen LogP contribution in [0.5, 0.6) is 0 Å². The molecule has 0 saturated heterocycles. The number of hydrogen-bond acceptors (Lipinski definition) is 3. The van der Waals surface area contributed by atoms with Gasteiger partial charge in [0.15, 0.2) is 0 Å². The lowest BCUT2D eigenvalue weighted by atomic mass is 10.00. The Balaban J connectivity index is 1.86. The molecule has 0 aromatic carbocycles. The maximum absolute atomic E-state index is 4.33. The van der Waals surface area contributed by atoms with Crippen LogP contribution in [0.3, 0.4) is 0 Å². The van der Waals surface area contributed by atoms with E-state index in [9.17, 15) is 0 Å². The van der Waals surface area contributed by atoms with E-state index < -0.39 is 0 Å². The summed E-state index contributed by atoms with van der Waals surface area (Å²) in [4.78, 5) is 4.33. The van der Waals surface area contributed by atoms with Crippen LogP contribution in [0.4, 0.5) is 0 Å². The van der Waals surface area contributed by atoms with Crippen LogP contribution in [0.1, 0.15) is 58.3 Å². The predicted molar refractivity (Wildman–Crippen MR) is 68.7 cm³/mol. The lowest BCUT2D eigenvalue weighted by Crippen LogP contribution is -2.32. The minimum absolute atomic E-state index is 0.385. The Morgan fingerprint density at radius 2 is 2.06 bits per heavy atom. The molecule has 96 valence electrons. The van der Waals surface area contributed by atoms with E-state index in [-0.39, 0.29) is 0 Å². The van der Waals surface area contributed by atoms with Gasteiger partial charge >= 0.3 is 0 Å². The first-order valence-corrected chi connectivity index (χ1v) is 6.80. The summed E-state index contributed by atoms with van der Waals surface area (Å²) in [7, 11) is 0. The molecular weight excluding hydrogens is 212 g/mol. The third-order valence-electron chi connectivity index (χ3n) is 3.83. The molecule has 0 unspecified atom stereocenters. The van der Waals surface area contributed by atoms with Crippen molar-refractivity contribution in [1.82, 2.24) is 20.1 Å². The van der Waals surface area contributed by atoms with Crippen LogP contribution >= 0.6 is 0 Å². The van der Waals surface area contributed by atoms with Crippen molar-refractivity contribution < 1.29 is 0 Å². The second-order valence-corrected chi connectivity index (χ2v) is 5.43. The highest BCUT2D eigenvalue weighted by molar-refractivity contribution is 4.87. The van der Waals surface area contributed by atoms with Gasteiger partial charge in [0, 0.05) is 12.1 Å². The van der Waals surface area contributed by atoms with Crippen LogP contribution in [0.2, 0.25) is 0 Å². The molecular formula is C13H24N4. The minimum atomic E-state index is 0.385. The summed E-state index contributed by atoms with van der Waals surface area (Å²) in [5, 5.41) is 7.86. The van der Waals surface area contributed by atoms with E-state index in [1.54, 1.807) is 6.33 Å². The van der Waals surface area contributed by atoms with E-state index in [1.807, 2.05) is 4.68 Å². The lowest BCUT2D eigenvalue weighted by Gasteiger charge is -2.20. The molecule has 1 aromatic rings. The number of rotatable bonds is 5. The van der Waals surface area contributed by atoms with Gasteiger partial charge in [-0.2, -0.15) is 5.10 Å². The summed E-state index contributed by atoms with van der Waals surface area (Å²) in [5.74, 6) is 1.90. The third kappa shape index (κ3) is 3.06. The summed E-state index contributed by atoms with van der Waals surface area (Å²) >= 11 is 0. The predicted octanol–water partition coefficient (Wildman–Crippen LogP) is 2.53. The molecule has 0 radical (unpaired) electrons. The summed E-state index contributed by atoms with van der Waals surface area (Å²) in [6.07, 6.45) is 7.21. The van der Waals surface area contributed by atoms with Gasteiger partial charge in [0.2, 0.25) is 0 Å². The summed E-state index contributed by atoms with van der Waals surface area (Å²) in [6, 6.07) is 0.978. The number of nitrogens with one attached hydrogen (secondary N) is 1. The number of nitrogens with zero attached hydrogens (tertiary/aromatic N) is 3. The molecule has 4 nitrogen and oxygen atoms in total. The molecule has 0 amide bonds. The van der Waals surface area contributed by atoms with E-state index in [4.69, 9.17) is 0 Å². The third-order valence-corrected chi connectivity index (χ3v) is 3.83. The highest BCUT2D eigenvalue weighted by Crippen LogP contribution is 2.27. The Morgan fingerprint density at radius 3 is 2.71 bits per heavy atom. The number of hydrogen-bond donors (Lipinski definition) is 1. The molecule has 0 spiro atoms. The van der Waals surface area contributed by atoms with Crippen molar-refractivity contribution >= 4 is 0 Å². The Hall–Kier alpha value is -0.900. The van der Waals surface area contributed by atoms with E-state index in [1.165, 1.54) is 25.7 Å². The van der Waals surface area contributed by atoms with Crippen molar-refractivity contribution in [2.45, 2.75) is 65.1 Å². The van der Waals surface area contributed by atoms with Gasteiger partial charge in [0.1, 0.15) is 12.2 Å². The average Bonchev–Trinajstić information content (AvgIpc) is 2.96. The van der Waals surface area contributed by atoms with E-state index in [0.29, 0.717) is 12.1 Å². The van der Waals surface area contributed by atoms with Crippen LogP contribution in [0.25, 0.3) is 0 Å². The van der Waals surface area contributed by atoms with Crippen LogP contribution in [-0.4, -0.2) is 20.8 Å². The number of aromatic nitrogens is 3. The van der Waals surface area contributed by atoms with Crippen molar-refractivity contribution in [3.05, 3.63) is 12.2 Å². The van der Waals surface area contributed by atoms with Crippen molar-refractivity contribution in [2.24, 2.45) is 5.92 Å². The second kappa shape index (κ2) is 5.63. The van der Waals surface area contributed by atoms with E-state index >= 15 is 0 Å². The van der Waals surface area contributed by atoms with Gasteiger partial charge in [-0.05, 0) is 39.5 Å². The first-order valence-electron chi connectivity index (χ1n) is 6.80. The fourth-order valence-electron chi connectivity index (χ4n) is 2.71. The maximum Gasteiger partial charge on any atom is 0.141 e. The minimum Gasteiger partial charge on any atom is -0.307 e. The monoisotopic (exact) mass is 236 g/mol. The van der Waals surface area contributed by atoms with Crippen molar-refractivity contribution in [2.75, 3.05) is 0 Å². The quantitative estimate of drug-likeness (QED) is 0.854. The summed E-state index contributed by atoms with van der Waals surface area (Å²) < 4.78 is 1.99. The molecule has 1 heterocycles. The molecule has 0 aliphatic heterocycles. The van der Waals surface area contributed by atoms with E-state index in [0.717, 1.165) is 18.3 Å². The Labute approximate surface area is 104 Å². The average molecular weight is 236 g/mol. The highest BCUT2D eigenvalue weighted by Gasteiger charge is 2.21. The van der Waals surface area contributed by atoms with Gasteiger partial charge in [-0.15, -0.1) is 0 Å². The second-order valence-electron chi connectivity index (χ2n) is 5.43. The van der Waals surface area contributed by atoms with Crippen LogP contribution in [0.15, 0.2) is 6.33 Å². The van der Waals surface area contributed by atoms with Gasteiger partial charge in [0.05, 0.1) is 6.54 Å². The molecule has 17 heavy (non-hydrogen) atoms. The molecule has 4 heteroatoms. The molecule has 0 bridgehead atoms. The normalized spacial score (nSPS) is 19.1. The standard InChI is InChI=1S/C13H24N4/c1-10(2)17-13(15-9-16-17)8-14-11(3)12-6-4-5-7-12/h9-12,14H,4-8H2,1-3H3/t11-/m0/s1. The summed E-state index contributed by atoms with van der Waals surface area (Å²) in [6.45, 7) is 7.40. The molecule has 1 aromatic heterocycles. The molecule has 1 aliphatic carbocycles. The van der Waals surface area contributed by atoms with E-state index in [2.05, 4.69) is 36.2 Å². The van der Waals surface area contributed by atoms with Crippen molar-refractivity contribution in [3.8, 4) is 0 Å². The molecule has 1 N–H and O–H groups in total. The molecule has 1 aliphatic rings. The van der Waals surface area contributed by atoms with Crippen molar-refractivity contribution in [1.29, 1.82) is 0 Å². The van der Waals surface area contributed by atoms with Gasteiger partial charge < -0.3 is 5.32 Å². The smallest absolute Gasteiger partial charge is 0.141 e. The fourth-order valence-corrected chi connectivity index (χ4v) is 2.71. The SMILES string of the molecule is CC(C)n1ncnc1CN[C@@H](C)C1CCCC1. The topological polar surface area (TPSA) is 42.7 Å². The Bertz CT molecular complexity index is 339. The zero-order valence-electron chi connectivity index (χ0n) is 11.2. The molecule has 1 saturated carbocycles. The van der Waals surface area contributed by atoms with Crippen LogP contribution < -0.4 is 5.32 Å². The van der Waals surface area contributed by atoms with Gasteiger partial charge in [-0.3, -0.25) is 0 Å². The first-order chi connectivity index (χ1) is 8.18. The Morgan fingerprint density at radius 1 is 1.35 bits per heavy atom. The highest BCUT2D eigenvalue weighted by atomic mass is 15.4. The first kappa shape index (κ1) is 12.6. The van der Waals surface area contributed by atoms with Crippen molar-refractivity contribution in [3.63, 3.8) is 0 Å². The Kier molecular flexibility index (Phi) is 4.15. The summed E-state index contributed by atoms with van der Waals surface area (Å²) in [5.41, 5.74) is 0. The van der Waals surface area contributed by atoms with Crippen LogP contribution in [0, 0.1) is 5.92 Å². The zero-order chi connectivity index (χ0) is 12.3. The zero-order valence-corrected chi connectivity index (χ0v) is 11.2. The largest absolute Gasteiger partial charge is 0.307 e. The van der Waals surface area contributed by atoms with Crippen LogP contribution in [-0.2, 0) is 6.54 Å². The molecule has 2 rings (SSSR count). The van der Waals surface area contributed by atoms with Gasteiger partial charge in [-0.25, -0.2) is 9.67 Å². The molecule has 1 atom stereocenters.